The second kappa shape index (κ2) is 5.07. The first-order valence-corrected chi connectivity index (χ1v) is 5.78. The van der Waals surface area contributed by atoms with Gasteiger partial charge in [-0.25, -0.2) is 0 Å². The van der Waals surface area contributed by atoms with Crippen LogP contribution in [0.5, 0.6) is 5.75 Å². The Morgan fingerprint density at radius 3 is 2.88 bits per heavy atom. The van der Waals surface area contributed by atoms with Crippen molar-refractivity contribution >= 4 is 11.6 Å². The smallest absolute Gasteiger partial charge is 0.121 e. The molecule has 1 aromatic carbocycles. The monoisotopic (exact) mass is 245 g/mol. The van der Waals surface area contributed by atoms with Crippen molar-refractivity contribution in [2.75, 3.05) is 0 Å². The second-order valence-electron chi connectivity index (χ2n) is 3.93. The van der Waals surface area contributed by atoms with E-state index in [1.54, 1.807) is 6.08 Å². The summed E-state index contributed by atoms with van der Waals surface area (Å²) in [6, 6.07) is 7.71. The highest BCUT2D eigenvalue weighted by Gasteiger charge is 2.10. The van der Waals surface area contributed by atoms with Crippen LogP contribution in [0.25, 0.3) is 0 Å². The van der Waals surface area contributed by atoms with E-state index in [4.69, 9.17) is 21.6 Å². The Hall–Kier alpha value is -1.72. The Morgan fingerprint density at radius 2 is 2.29 bits per heavy atom. The highest BCUT2D eigenvalue weighted by molar-refractivity contribution is 6.31. The molecule has 2 rings (SSSR count). The fourth-order valence-electron chi connectivity index (χ4n) is 1.64. The number of nitrogens with zero attached hydrogens (tertiary/aromatic N) is 1. The van der Waals surface area contributed by atoms with Gasteiger partial charge in [-0.15, -0.1) is 0 Å². The van der Waals surface area contributed by atoms with Gasteiger partial charge in [0.1, 0.15) is 11.9 Å². The quantitative estimate of drug-likeness (QED) is 0.794. The molecule has 17 heavy (non-hydrogen) atoms. The van der Waals surface area contributed by atoms with Crippen LogP contribution in [-0.4, -0.2) is 6.10 Å². The number of halogens is 1. The van der Waals surface area contributed by atoms with E-state index in [1.807, 2.05) is 37.3 Å². The predicted molar refractivity (Wildman–Crippen MR) is 68.1 cm³/mol. The van der Waals surface area contributed by atoms with Crippen LogP contribution in [0.15, 0.2) is 42.0 Å². The number of allylic oxidation sites excluding steroid dienone is 2. The highest BCUT2D eigenvalue weighted by Crippen LogP contribution is 2.23. The number of nitriles is 1. The number of aryl methyl sites for hydroxylation is 1. The maximum Gasteiger partial charge on any atom is 0.121 e. The largest absolute Gasteiger partial charge is 0.486 e. The molecule has 1 aliphatic rings. The van der Waals surface area contributed by atoms with Crippen molar-refractivity contribution < 1.29 is 4.74 Å². The van der Waals surface area contributed by atoms with Gasteiger partial charge in [0.25, 0.3) is 0 Å². The minimum absolute atomic E-state index is 0.00678. The van der Waals surface area contributed by atoms with Gasteiger partial charge in [-0.1, -0.05) is 17.7 Å². The van der Waals surface area contributed by atoms with E-state index >= 15 is 0 Å². The maximum absolute atomic E-state index is 8.71. The number of hydrogen-bond acceptors (Lipinski definition) is 2. The van der Waals surface area contributed by atoms with Crippen molar-refractivity contribution in [2.24, 2.45) is 0 Å². The molecule has 0 aromatic heterocycles. The fraction of sp³-hybridized carbons (Fsp3) is 0.214. The number of benzene rings is 1. The van der Waals surface area contributed by atoms with Crippen molar-refractivity contribution in [3.8, 4) is 11.8 Å². The van der Waals surface area contributed by atoms with Gasteiger partial charge in [-0.2, -0.15) is 5.26 Å². The lowest BCUT2D eigenvalue weighted by atomic mass is 10.1. The third-order valence-electron chi connectivity index (χ3n) is 2.61. The van der Waals surface area contributed by atoms with Gasteiger partial charge in [0.15, 0.2) is 0 Å². The zero-order valence-corrected chi connectivity index (χ0v) is 10.2. The van der Waals surface area contributed by atoms with Gasteiger partial charge in [0.2, 0.25) is 0 Å². The third kappa shape index (κ3) is 2.89. The van der Waals surface area contributed by atoms with E-state index in [0.29, 0.717) is 5.57 Å². The predicted octanol–water partition coefficient (Wildman–Crippen LogP) is 3.81. The fourth-order valence-corrected chi connectivity index (χ4v) is 1.75. The first-order valence-electron chi connectivity index (χ1n) is 5.40. The Bertz CT molecular complexity index is 526. The Kier molecular flexibility index (Phi) is 3.51. The summed E-state index contributed by atoms with van der Waals surface area (Å²) in [6.07, 6.45) is 6.29. The zero-order chi connectivity index (χ0) is 12.3. The van der Waals surface area contributed by atoms with E-state index in [9.17, 15) is 0 Å². The molecular formula is C14H12ClNO. The molecule has 1 aliphatic carbocycles. The molecule has 0 saturated heterocycles. The molecule has 2 nitrogen and oxygen atoms in total. The van der Waals surface area contributed by atoms with Gasteiger partial charge in [0.05, 0.1) is 6.07 Å². The topological polar surface area (TPSA) is 33.0 Å². The van der Waals surface area contributed by atoms with E-state index < -0.39 is 0 Å². The molecule has 0 radical (unpaired) electrons. The summed E-state index contributed by atoms with van der Waals surface area (Å²) < 4.78 is 5.78. The lowest BCUT2D eigenvalue weighted by Crippen LogP contribution is -2.14. The molecule has 1 aromatic rings. The summed E-state index contributed by atoms with van der Waals surface area (Å²) >= 11 is 5.95. The number of rotatable bonds is 2. The molecule has 0 saturated carbocycles. The Balaban J connectivity index is 2.04. The molecule has 0 heterocycles. The van der Waals surface area contributed by atoms with Crippen LogP contribution >= 0.6 is 11.6 Å². The molecule has 0 aliphatic heterocycles. The molecule has 0 N–H and O–H groups in total. The van der Waals surface area contributed by atoms with Crippen LogP contribution in [0.4, 0.5) is 0 Å². The van der Waals surface area contributed by atoms with Crippen molar-refractivity contribution in [3.05, 3.63) is 52.6 Å². The van der Waals surface area contributed by atoms with Crippen molar-refractivity contribution in [1.29, 1.82) is 5.26 Å². The lowest BCUT2D eigenvalue weighted by molar-refractivity contribution is 0.251. The van der Waals surface area contributed by atoms with Gasteiger partial charge in [-0.3, -0.25) is 0 Å². The van der Waals surface area contributed by atoms with Crippen LogP contribution in [-0.2, 0) is 0 Å². The molecule has 3 heteroatoms. The summed E-state index contributed by atoms with van der Waals surface area (Å²) in [5.41, 5.74) is 1.69. The van der Waals surface area contributed by atoms with Gasteiger partial charge in [0, 0.05) is 17.0 Å². The minimum Gasteiger partial charge on any atom is -0.486 e. The van der Waals surface area contributed by atoms with Gasteiger partial charge >= 0.3 is 0 Å². The molecule has 0 fully saturated rings. The molecule has 86 valence electrons. The minimum atomic E-state index is -0.00678. The van der Waals surface area contributed by atoms with Crippen LogP contribution in [0, 0.1) is 18.3 Å². The van der Waals surface area contributed by atoms with Crippen molar-refractivity contribution in [2.45, 2.75) is 19.4 Å². The van der Waals surface area contributed by atoms with E-state index in [1.165, 1.54) is 0 Å². The van der Waals surface area contributed by atoms with Crippen molar-refractivity contribution in [3.63, 3.8) is 0 Å². The molecule has 1 atom stereocenters. The number of hydrogen-bond donors (Lipinski definition) is 0. The summed E-state index contributed by atoms with van der Waals surface area (Å²) in [5.74, 6) is 0.801. The molecule has 0 amide bonds. The Labute approximate surface area is 106 Å². The molecule has 1 unspecified atom stereocenters. The van der Waals surface area contributed by atoms with E-state index in [-0.39, 0.29) is 6.10 Å². The molecular weight excluding hydrogens is 234 g/mol. The SMILES string of the molecule is Cc1cc(OC2C=CC(C#N)=CC2)ccc1Cl. The summed E-state index contributed by atoms with van der Waals surface area (Å²) in [4.78, 5) is 0. The molecule has 0 bridgehead atoms. The summed E-state index contributed by atoms with van der Waals surface area (Å²) in [7, 11) is 0. The average Bonchev–Trinajstić information content (AvgIpc) is 2.35. The standard InChI is InChI=1S/C14H12ClNO/c1-10-8-13(6-7-14(10)15)17-12-4-2-11(9-16)3-5-12/h2-4,6-8,12H,5H2,1H3. The molecule has 0 spiro atoms. The highest BCUT2D eigenvalue weighted by atomic mass is 35.5. The first-order chi connectivity index (χ1) is 8.19. The first kappa shape index (κ1) is 11.8. The van der Waals surface area contributed by atoms with Crippen molar-refractivity contribution in [1.82, 2.24) is 0 Å². The van der Waals surface area contributed by atoms with Crippen LogP contribution in [0.2, 0.25) is 5.02 Å². The van der Waals surface area contributed by atoms with E-state index in [2.05, 4.69) is 6.07 Å². The van der Waals surface area contributed by atoms with Crippen LogP contribution < -0.4 is 4.74 Å². The second-order valence-corrected chi connectivity index (χ2v) is 4.34. The number of ether oxygens (including phenoxy) is 1. The zero-order valence-electron chi connectivity index (χ0n) is 9.48. The third-order valence-corrected chi connectivity index (χ3v) is 3.03. The Morgan fingerprint density at radius 1 is 1.47 bits per heavy atom. The van der Waals surface area contributed by atoms with Crippen LogP contribution in [0.3, 0.4) is 0 Å². The van der Waals surface area contributed by atoms with Gasteiger partial charge < -0.3 is 4.74 Å². The van der Waals surface area contributed by atoms with E-state index in [0.717, 1.165) is 22.8 Å². The lowest BCUT2D eigenvalue weighted by Gasteiger charge is -2.17. The normalized spacial score (nSPS) is 18.4. The summed E-state index contributed by atoms with van der Waals surface area (Å²) in [5, 5.41) is 9.45. The van der Waals surface area contributed by atoms with Crippen LogP contribution in [0.1, 0.15) is 12.0 Å². The summed E-state index contributed by atoms with van der Waals surface area (Å²) in [6.45, 7) is 1.94. The average molecular weight is 246 g/mol. The maximum atomic E-state index is 8.71. The van der Waals surface area contributed by atoms with Gasteiger partial charge in [-0.05, 0) is 42.8 Å².